The molecule has 1 heterocycles. The average molecular weight is 527 g/mol. The van der Waals surface area contributed by atoms with E-state index in [-0.39, 0.29) is 45.2 Å². The molecule has 38 heavy (non-hydrogen) atoms. The molecule has 0 saturated carbocycles. The van der Waals surface area contributed by atoms with Crippen LogP contribution in [0.2, 0.25) is 0 Å². The molecule has 0 aliphatic rings. The van der Waals surface area contributed by atoms with Crippen LogP contribution in [-0.4, -0.2) is 28.5 Å². The topological polar surface area (TPSA) is 109 Å². The summed E-state index contributed by atoms with van der Waals surface area (Å²) in [7, 11) is 0. The van der Waals surface area contributed by atoms with Crippen LogP contribution in [0.15, 0.2) is 27.4 Å². The number of fused-ring (bicyclic) bond motifs is 1. The van der Waals surface area contributed by atoms with Gasteiger partial charge in [0.15, 0.2) is 17.3 Å². The smallest absolute Gasteiger partial charge is 0.239 e. The molecule has 3 rings (SSSR count). The minimum Gasteiger partial charge on any atom is -0.507 e. The van der Waals surface area contributed by atoms with E-state index in [0.29, 0.717) is 48.5 Å². The van der Waals surface area contributed by atoms with Crippen LogP contribution in [0, 0.1) is 0 Å². The number of ether oxygens (including phenoxy) is 2. The van der Waals surface area contributed by atoms with Gasteiger partial charge in [0, 0.05) is 16.7 Å². The summed E-state index contributed by atoms with van der Waals surface area (Å²) in [5.74, 6) is 0.0509. The number of rotatable bonds is 15. The van der Waals surface area contributed by atoms with Crippen molar-refractivity contribution in [3.8, 4) is 40.1 Å². The molecule has 0 radical (unpaired) electrons. The molecule has 208 valence electrons. The van der Waals surface area contributed by atoms with E-state index in [1.165, 1.54) is 12.1 Å². The number of benzene rings is 2. The Kier molecular flexibility index (Phi) is 10.7. The van der Waals surface area contributed by atoms with Crippen molar-refractivity contribution in [2.24, 2.45) is 0 Å². The molecule has 0 spiro atoms. The zero-order chi connectivity index (χ0) is 27.7. The van der Waals surface area contributed by atoms with E-state index < -0.39 is 0 Å². The van der Waals surface area contributed by atoms with Crippen LogP contribution < -0.4 is 14.9 Å². The van der Waals surface area contributed by atoms with Crippen LogP contribution in [0.3, 0.4) is 0 Å². The summed E-state index contributed by atoms with van der Waals surface area (Å²) >= 11 is 0. The number of hydrogen-bond donors (Lipinski definition) is 3. The lowest BCUT2D eigenvalue weighted by Crippen LogP contribution is -2.15. The molecule has 3 aromatic rings. The monoisotopic (exact) mass is 526 g/mol. The van der Waals surface area contributed by atoms with Crippen LogP contribution >= 0.6 is 0 Å². The molecular formula is C31H42O7. The van der Waals surface area contributed by atoms with E-state index in [1.807, 2.05) is 6.92 Å². The maximum Gasteiger partial charge on any atom is 0.239 e. The Morgan fingerprint density at radius 1 is 0.737 bits per heavy atom. The van der Waals surface area contributed by atoms with Gasteiger partial charge in [-0.05, 0) is 56.7 Å². The molecular weight excluding hydrogens is 484 g/mol. The second-order valence-electron chi connectivity index (χ2n) is 9.74. The van der Waals surface area contributed by atoms with Crippen molar-refractivity contribution in [3.05, 3.63) is 39.5 Å². The molecule has 0 saturated heterocycles. The molecule has 2 aromatic carbocycles. The standard InChI is InChI=1S/C31H42O7/c1-5-9-13-21-26(34)22(14-10-6-2)30-25(29(21)36-17-11-7-3)27(35)31(37-18-12-8-4)28(38-30)20-15-16-23(32)24(33)19-20/h15-16,19,32-34H,5-14,17-18H2,1-4H3. The molecule has 3 N–H and O–H groups in total. The summed E-state index contributed by atoms with van der Waals surface area (Å²) in [6.07, 6.45) is 7.96. The van der Waals surface area contributed by atoms with Crippen LogP contribution in [0.1, 0.15) is 90.2 Å². The Morgan fingerprint density at radius 3 is 1.89 bits per heavy atom. The number of unbranched alkanes of at least 4 members (excludes halogenated alkanes) is 4. The third-order valence-corrected chi connectivity index (χ3v) is 6.70. The first kappa shape index (κ1) is 29.2. The van der Waals surface area contributed by atoms with Gasteiger partial charge in [-0.1, -0.05) is 53.4 Å². The fourth-order valence-electron chi connectivity index (χ4n) is 4.44. The Bertz CT molecular complexity index is 1280. The zero-order valence-corrected chi connectivity index (χ0v) is 23.2. The van der Waals surface area contributed by atoms with Gasteiger partial charge in [0.25, 0.3) is 0 Å². The van der Waals surface area contributed by atoms with Crippen molar-refractivity contribution >= 4 is 11.0 Å². The highest BCUT2D eigenvalue weighted by molar-refractivity contribution is 5.93. The molecule has 0 atom stereocenters. The molecule has 7 nitrogen and oxygen atoms in total. The maximum absolute atomic E-state index is 14.2. The summed E-state index contributed by atoms with van der Waals surface area (Å²) in [4.78, 5) is 14.2. The fraction of sp³-hybridized carbons (Fsp3) is 0.516. The van der Waals surface area contributed by atoms with Gasteiger partial charge in [-0.15, -0.1) is 0 Å². The first-order valence-electron chi connectivity index (χ1n) is 14.0. The lowest BCUT2D eigenvalue weighted by Gasteiger charge is -2.20. The van der Waals surface area contributed by atoms with Crippen LogP contribution in [-0.2, 0) is 12.8 Å². The van der Waals surface area contributed by atoms with Gasteiger partial charge in [0.1, 0.15) is 22.5 Å². The number of phenols is 3. The van der Waals surface area contributed by atoms with Crippen molar-refractivity contribution in [1.82, 2.24) is 0 Å². The third kappa shape index (κ3) is 6.37. The van der Waals surface area contributed by atoms with Crippen LogP contribution in [0.4, 0.5) is 0 Å². The van der Waals surface area contributed by atoms with E-state index in [2.05, 4.69) is 20.8 Å². The predicted octanol–water partition coefficient (Wildman–Crippen LogP) is 7.62. The number of phenolic OH excluding ortho intramolecular Hbond substituents is 3. The highest BCUT2D eigenvalue weighted by Gasteiger charge is 2.28. The Balaban J connectivity index is 2.43. The minimum absolute atomic E-state index is 0.0324. The molecule has 0 amide bonds. The lowest BCUT2D eigenvalue weighted by molar-refractivity contribution is 0.297. The predicted molar refractivity (Wildman–Crippen MR) is 151 cm³/mol. The van der Waals surface area contributed by atoms with Crippen molar-refractivity contribution in [1.29, 1.82) is 0 Å². The van der Waals surface area contributed by atoms with Crippen LogP contribution in [0.5, 0.6) is 28.7 Å². The van der Waals surface area contributed by atoms with Gasteiger partial charge in [-0.2, -0.15) is 0 Å². The largest absolute Gasteiger partial charge is 0.507 e. The van der Waals surface area contributed by atoms with Gasteiger partial charge in [-0.3, -0.25) is 4.79 Å². The molecule has 0 bridgehead atoms. The molecule has 1 aromatic heterocycles. The highest BCUT2D eigenvalue weighted by Crippen LogP contribution is 2.44. The van der Waals surface area contributed by atoms with E-state index >= 15 is 0 Å². The molecule has 0 unspecified atom stereocenters. The lowest BCUT2D eigenvalue weighted by atomic mass is 9.95. The van der Waals surface area contributed by atoms with Crippen molar-refractivity contribution < 1.29 is 29.2 Å². The summed E-state index contributed by atoms with van der Waals surface area (Å²) in [5, 5.41) is 31.8. The van der Waals surface area contributed by atoms with Gasteiger partial charge in [0.05, 0.1) is 13.2 Å². The van der Waals surface area contributed by atoms with E-state index in [1.54, 1.807) is 6.07 Å². The van der Waals surface area contributed by atoms with E-state index in [0.717, 1.165) is 51.4 Å². The van der Waals surface area contributed by atoms with Gasteiger partial charge >= 0.3 is 0 Å². The van der Waals surface area contributed by atoms with Crippen molar-refractivity contribution in [3.63, 3.8) is 0 Å². The molecule has 0 aliphatic heterocycles. The molecule has 0 fully saturated rings. The normalized spacial score (nSPS) is 11.3. The van der Waals surface area contributed by atoms with Crippen molar-refractivity contribution in [2.75, 3.05) is 13.2 Å². The Morgan fingerprint density at radius 2 is 1.32 bits per heavy atom. The maximum atomic E-state index is 14.2. The van der Waals surface area contributed by atoms with Crippen molar-refractivity contribution in [2.45, 2.75) is 91.9 Å². The number of aryl methyl sites for hydroxylation is 1. The Hall–Kier alpha value is -3.35. The number of aromatic hydroxyl groups is 3. The Labute approximate surface area is 225 Å². The summed E-state index contributed by atoms with van der Waals surface area (Å²) in [5.41, 5.74) is 1.51. The van der Waals surface area contributed by atoms with E-state index in [9.17, 15) is 20.1 Å². The first-order valence-corrected chi connectivity index (χ1v) is 14.0. The zero-order valence-electron chi connectivity index (χ0n) is 23.2. The summed E-state index contributed by atoms with van der Waals surface area (Å²) < 4.78 is 18.7. The molecule has 7 heteroatoms. The quantitative estimate of drug-likeness (QED) is 0.138. The van der Waals surface area contributed by atoms with Gasteiger partial charge < -0.3 is 29.2 Å². The second-order valence-corrected chi connectivity index (χ2v) is 9.74. The highest BCUT2D eigenvalue weighted by atomic mass is 16.5. The van der Waals surface area contributed by atoms with Gasteiger partial charge in [-0.25, -0.2) is 0 Å². The molecule has 0 aliphatic carbocycles. The van der Waals surface area contributed by atoms with Crippen LogP contribution in [0.25, 0.3) is 22.3 Å². The summed E-state index contributed by atoms with van der Waals surface area (Å²) in [6, 6.07) is 4.24. The first-order chi connectivity index (χ1) is 18.4. The third-order valence-electron chi connectivity index (χ3n) is 6.70. The second kappa shape index (κ2) is 14.0. The fourth-order valence-corrected chi connectivity index (χ4v) is 4.44. The summed E-state index contributed by atoms with van der Waals surface area (Å²) in [6.45, 7) is 8.99. The minimum atomic E-state index is -0.369. The SMILES string of the molecule is CCCCOc1c(-c2ccc(O)c(O)c2)oc2c(CCCC)c(O)c(CCCC)c(OCCCC)c2c1=O. The number of hydrogen-bond acceptors (Lipinski definition) is 7. The average Bonchev–Trinajstić information content (AvgIpc) is 2.90. The van der Waals surface area contributed by atoms with Gasteiger partial charge in [0.2, 0.25) is 11.2 Å². The van der Waals surface area contributed by atoms with E-state index in [4.69, 9.17) is 13.9 Å².